The molecule has 0 spiro atoms. The number of benzene rings is 3. The van der Waals surface area contributed by atoms with Crippen LogP contribution in [0.5, 0.6) is 11.5 Å². The van der Waals surface area contributed by atoms with Gasteiger partial charge < -0.3 is 30.0 Å². The van der Waals surface area contributed by atoms with Gasteiger partial charge in [-0.3, -0.25) is 14.9 Å². The normalized spacial score (nSPS) is 13.6. The van der Waals surface area contributed by atoms with Gasteiger partial charge in [-0.05, 0) is 54.3 Å². The number of nitrogens with zero attached hydrogens (tertiary/aromatic N) is 2. The number of anilines is 1. The van der Waals surface area contributed by atoms with Crippen molar-refractivity contribution >= 4 is 45.2 Å². The number of hydrogen-bond donors (Lipinski definition) is 3. The quantitative estimate of drug-likeness (QED) is 0.260. The van der Waals surface area contributed by atoms with Crippen LogP contribution in [0.25, 0.3) is 21.9 Å². The molecule has 1 amide bonds. The Morgan fingerprint density at radius 1 is 1.17 bits per heavy atom. The topological polar surface area (TPSA) is 169 Å². The van der Waals surface area contributed by atoms with Crippen LogP contribution in [-0.2, 0) is 22.4 Å². The fraction of sp³-hybridized carbons (Fsp3) is 0.200. The van der Waals surface area contributed by atoms with E-state index in [0.717, 1.165) is 5.56 Å². The van der Waals surface area contributed by atoms with Crippen LogP contribution in [0.2, 0.25) is 0 Å². The lowest BCUT2D eigenvalue weighted by atomic mass is 10.0. The Bertz CT molecular complexity index is 1530. The summed E-state index contributed by atoms with van der Waals surface area (Å²) < 4.78 is 11.1. The van der Waals surface area contributed by atoms with E-state index in [4.69, 9.17) is 20.0 Å². The molecule has 3 aromatic carbocycles. The van der Waals surface area contributed by atoms with E-state index in [1.54, 1.807) is 30.3 Å². The molecule has 0 aliphatic carbocycles. The van der Waals surface area contributed by atoms with Crippen LogP contribution in [0.3, 0.4) is 0 Å². The summed E-state index contributed by atoms with van der Waals surface area (Å²) >= 11 is 0. The minimum Gasteiger partial charge on any atom is -0.508 e. The first-order valence-corrected chi connectivity index (χ1v) is 11.1. The van der Waals surface area contributed by atoms with Crippen LogP contribution >= 0.6 is 0 Å². The van der Waals surface area contributed by atoms with Gasteiger partial charge in [-0.15, -0.1) is 0 Å². The number of nitro groups is 1. The number of rotatable bonds is 7. The number of carbonyl (C=O) groups is 2. The predicted octanol–water partition coefficient (Wildman–Crippen LogP) is 3.12. The van der Waals surface area contributed by atoms with E-state index in [9.17, 15) is 24.8 Å². The average Bonchev–Trinajstić information content (AvgIpc) is 3.44. The summed E-state index contributed by atoms with van der Waals surface area (Å²) in [6, 6.07) is 11.4. The number of aromatic hydroxyl groups is 1. The van der Waals surface area contributed by atoms with E-state index in [-0.39, 0.29) is 35.7 Å². The predicted molar refractivity (Wildman–Crippen MR) is 129 cm³/mol. The monoisotopic (exact) mass is 491 g/mol. The van der Waals surface area contributed by atoms with Crippen LogP contribution in [0.15, 0.2) is 52.9 Å². The SMILES string of the molecule is NC(Cc1ccc(O)cc1)C(=O)N1CCc2c1c([N+](=O)[O-])cc1oc3ccc(OCC(=O)O)cc3c21. The molecule has 184 valence electrons. The molecule has 1 aromatic heterocycles. The molecule has 11 nitrogen and oxygen atoms in total. The van der Waals surface area contributed by atoms with Crippen LogP contribution in [0.4, 0.5) is 11.4 Å². The van der Waals surface area contributed by atoms with Gasteiger partial charge in [0.05, 0.1) is 17.0 Å². The number of amides is 1. The first-order valence-electron chi connectivity index (χ1n) is 11.1. The molecule has 0 bridgehead atoms. The number of carboxylic acid groups (broad SMARTS) is 1. The number of nitrogens with two attached hydrogens (primary N) is 1. The Kier molecular flexibility index (Phi) is 5.69. The molecule has 36 heavy (non-hydrogen) atoms. The highest BCUT2D eigenvalue weighted by Gasteiger charge is 2.37. The van der Waals surface area contributed by atoms with Gasteiger partial charge in [-0.25, -0.2) is 4.79 Å². The lowest BCUT2D eigenvalue weighted by Gasteiger charge is -2.21. The molecule has 1 aliphatic rings. The molecule has 1 unspecified atom stereocenters. The maximum Gasteiger partial charge on any atom is 0.341 e. The van der Waals surface area contributed by atoms with Crippen molar-refractivity contribution in [2.24, 2.45) is 5.73 Å². The molecule has 0 saturated heterocycles. The van der Waals surface area contributed by atoms with Gasteiger partial charge in [-0.2, -0.15) is 0 Å². The summed E-state index contributed by atoms with van der Waals surface area (Å²) in [5.74, 6) is -1.18. The number of fused-ring (bicyclic) bond motifs is 5. The second-order valence-electron chi connectivity index (χ2n) is 8.51. The van der Waals surface area contributed by atoms with Gasteiger partial charge in [-0.1, -0.05) is 12.1 Å². The van der Waals surface area contributed by atoms with E-state index >= 15 is 0 Å². The van der Waals surface area contributed by atoms with E-state index < -0.39 is 29.4 Å². The largest absolute Gasteiger partial charge is 0.508 e. The van der Waals surface area contributed by atoms with Crippen molar-refractivity contribution in [1.29, 1.82) is 0 Å². The summed E-state index contributed by atoms with van der Waals surface area (Å²) in [7, 11) is 0. The Morgan fingerprint density at radius 3 is 2.61 bits per heavy atom. The zero-order valence-corrected chi connectivity index (χ0v) is 18.8. The number of hydrogen-bond acceptors (Lipinski definition) is 8. The Labute approximate surface area is 203 Å². The highest BCUT2D eigenvalue weighted by Crippen LogP contribution is 2.46. The number of aliphatic carboxylic acids is 1. The molecule has 2 heterocycles. The molecule has 4 aromatic rings. The van der Waals surface area contributed by atoms with Crippen molar-refractivity contribution in [3.63, 3.8) is 0 Å². The van der Waals surface area contributed by atoms with Crippen molar-refractivity contribution in [2.75, 3.05) is 18.1 Å². The Morgan fingerprint density at radius 2 is 1.92 bits per heavy atom. The van der Waals surface area contributed by atoms with Gasteiger partial charge in [0.2, 0.25) is 5.91 Å². The van der Waals surface area contributed by atoms with Crippen molar-refractivity contribution in [1.82, 2.24) is 0 Å². The minimum atomic E-state index is -1.12. The molecule has 0 saturated carbocycles. The van der Waals surface area contributed by atoms with Gasteiger partial charge in [0.25, 0.3) is 5.69 Å². The number of ether oxygens (including phenoxy) is 1. The van der Waals surface area contributed by atoms with Crippen LogP contribution in [0.1, 0.15) is 11.1 Å². The third kappa shape index (κ3) is 4.05. The number of phenolic OH excluding ortho intramolecular Hbond substituents is 1. The Hall–Kier alpha value is -4.64. The van der Waals surface area contributed by atoms with E-state index in [2.05, 4.69) is 0 Å². The fourth-order valence-electron chi connectivity index (χ4n) is 4.62. The molecule has 0 fully saturated rings. The molecule has 5 rings (SSSR count). The molecule has 11 heteroatoms. The number of carbonyl (C=O) groups excluding carboxylic acids is 1. The standard InChI is InChI=1S/C25H21N3O8/c26-18(9-13-1-3-14(29)4-2-13)25(32)27-8-7-16-23-17-10-15(35-12-22(30)31)5-6-20(17)36-21(23)11-19(24(16)27)28(33)34/h1-6,10-11,18,29H,7-9,12,26H2,(H,30,31). The molecular formula is C25H21N3O8. The first-order chi connectivity index (χ1) is 17.2. The molecule has 4 N–H and O–H groups in total. The maximum absolute atomic E-state index is 13.3. The second-order valence-corrected chi connectivity index (χ2v) is 8.51. The second kappa shape index (κ2) is 8.86. The fourth-order valence-corrected chi connectivity index (χ4v) is 4.62. The van der Waals surface area contributed by atoms with E-state index in [0.29, 0.717) is 34.1 Å². The van der Waals surface area contributed by atoms with Crippen molar-refractivity contribution < 1.29 is 33.9 Å². The lowest BCUT2D eigenvalue weighted by molar-refractivity contribution is -0.384. The molecule has 1 atom stereocenters. The third-order valence-corrected chi connectivity index (χ3v) is 6.17. The third-order valence-electron chi connectivity index (χ3n) is 6.17. The zero-order chi connectivity index (χ0) is 25.6. The van der Waals surface area contributed by atoms with Crippen LogP contribution < -0.4 is 15.4 Å². The van der Waals surface area contributed by atoms with Gasteiger partial charge >= 0.3 is 5.97 Å². The number of carboxylic acids is 1. The summed E-state index contributed by atoms with van der Waals surface area (Å²) in [4.78, 5) is 37.0. The van der Waals surface area contributed by atoms with Gasteiger partial charge in [0, 0.05) is 17.3 Å². The molecular weight excluding hydrogens is 470 g/mol. The van der Waals surface area contributed by atoms with Gasteiger partial charge in [0.1, 0.15) is 28.4 Å². The van der Waals surface area contributed by atoms with E-state index in [1.165, 1.54) is 23.1 Å². The lowest BCUT2D eigenvalue weighted by Crippen LogP contribution is -2.44. The van der Waals surface area contributed by atoms with Crippen molar-refractivity contribution in [3.8, 4) is 11.5 Å². The molecule has 0 radical (unpaired) electrons. The summed E-state index contributed by atoms with van der Waals surface area (Å²) in [5.41, 5.74) is 8.18. The minimum absolute atomic E-state index is 0.0932. The summed E-state index contributed by atoms with van der Waals surface area (Å²) in [6.07, 6.45) is 0.542. The number of phenols is 1. The zero-order valence-electron chi connectivity index (χ0n) is 18.8. The summed E-state index contributed by atoms with van der Waals surface area (Å²) in [6.45, 7) is -0.314. The van der Waals surface area contributed by atoms with Crippen LogP contribution in [-0.4, -0.2) is 46.2 Å². The number of nitro benzene ring substituents is 1. The van der Waals surface area contributed by atoms with Crippen LogP contribution in [0, 0.1) is 10.1 Å². The first kappa shape index (κ1) is 23.1. The average molecular weight is 491 g/mol. The number of furan rings is 1. The summed E-state index contributed by atoms with van der Waals surface area (Å²) in [5, 5.41) is 31.5. The van der Waals surface area contributed by atoms with E-state index in [1.807, 2.05) is 0 Å². The van der Waals surface area contributed by atoms with Crippen molar-refractivity contribution in [2.45, 2.75) is 18.9 Å². The maximum atomic E-state index is 13.3. The highest BCUT2D eigenvalue weighted by atomic mass is 16.6. The molecule has 1 aliphatic heterocycles. The Balaban J connectivity index is 1.57. The highest BCUT2D eigenvalue weighted by molar-refractivity contribution is 6.13. The van der Waals surface area contributed by atoms with Gasteiger partial charge in [0.15, 0.2) is 6.61 Å². The van der Waals surface area contributed by atoms with Crippen molar-refractivity contribution in [3.05, 3.63) is 69.8 Å². The smallest absolute Gasteiger partial charge is 0.341 e.